The molecular weight excluding hydrogens is 264 g/mol. The number of amides is 1. The van der Waals surface area contributed by atoms with Crippen molar-refractivity contribution in [1.29, 1.82) is 0 Å². The summed E-state index contributed by atoms with van der Waals surface area (Å²) in [6, 6.07) is 5.43. The quantitative estimate of drug-likeness (QED) is 0.820. The second-order valence-electron chi connectivity index (χ2n) is 4.95. The van der Waals surface area contributed by atoms with Gasteiger partial charge in [0.2, 0.25) is 5.91 Å². The molecule has 0 aliphatic carbocycles. The second-order valence-corrected chi connectivity index (χ2v) is 7.32. The van der Waals surface area contributed by atoms with Crippen molar-refractivity contribution in [2.24, 2.45) is 0 Å². The minimum Gasteiger partial charge on any atom is -0.399 e. The molecule has 0 bridgehead atoms. The molecule has 2 rings (SSSR count). The van der Waals surface area contributed by atoms with Crippen LogP contribution >= 0.6 is 0 Å². The van der Waals surface area contributed by atoms with E-state index in [0.29, 0.717) is 12.2 Å². The van der Waals surface area contributed by atoms with Crippen molar-refractivity contribution in [1.82, 2.24) is 0 Å². The minimum absolute atomic E-state index is 0.381. The summed E-state index contributed by atoms with van der Waals surface area (Å²) in [5, 5.41) is -1.03. The van der Waals surface area contributed by atoms with E-state index in [1.54, 1.807) is 17.0 Å². The van der Waals surface area contributed by atoms with E-state index in [1.165, 1.54) is 6.92 Å². The van der Waals surface area contributed by atoms with Gasteiger partial charge in [-0.25, -0.2) is 8.42 Å². The number of benzene rings is 1. The maximum atomic E-state index is 12.3. The fourth-order valence-electron chi connectivity index (χ4n) is 2.22. The van der Waals surface area contributed by atoms with Crippen LogP contribution in [-0.4, -0.2) is 32.4 Å². The average Bonchev–Trinajstić information content (AvgIpc) is 2.35. The van der Waals surface area contributed by atoms with Gasteiger partial charge in [-0.05, 0) is 37.5 Å². The molecule has 0 fully saturated rings. The topological polar surface area (TPSA) is 80.5 Å². The van der Waals surface area contributed by atoms with E-state index in [4.69, 9.17) is 5.73 Å². The van der Waals surface area contributed by atoms with Crippen molar-refractivity contribution in [3.05, 3.63) is 23.8 Å². The largest absolute Gasteiger partial charge is 0.399 e. The molecule has 1 amide bonds. The maximum absolute atomic E-state index is 12.3. The molecule has 0 spiro atoms. The number of fused-ring (bicyclic) bond motifs is 1. The summed E-state index contributed by atoms with van der Waals surface area (Å²) in [6.07, 6.45) is 2.80. The van der Waals surface area contributed by atoms with E-state index < -0.39 is 15.1 Å². The van der Waals surface area contributed by atoms with Crippen molar-refractivity contribution < 1.29 is 13.2 Å². The number of carbonyl (C=O) groups excluding carboxylic acids is 1. The van der Waals surface area contributed by atoms with Crippen molar-refractivity contribution in [3.63, 3.8) is 0 Å². The highest BCUT2D eigenvalue weighted by Gasteiger charge is 2.31. The molecule has 0 saturated heterocycles. The van der Waals surface area contributed by atoms with Crippen LogP contribution in [0, 0.1) is 0 Å². The van der Waals surface area contributed by atoms with Gasteiger partial charge in [0.1, 0.15) is 5.25 Å². The Bertz CT molecular complexity index is 610. The summed E-state index contributed by atoms with van der Waals surface area (Å²) in [6.45, 7) is 1.97. The Labute approximate surface area is 113 Å². The maximum Gasteiger partial charge on any atom is 0.245 e. The molecule has 1 atom stereocenters. The summed E-state index contributed by atoms with van der Waals surface area (Å²) in [7, 11) is -3.39. The van der Waals surface area contributed by atoms with Crippen LogP contribution in [0.5, 0.6) is 0 Å². The molecule has 19 heavy (non-hydrogen) atoms. The van der Waals surface area contributed by atoms with Gasteiger partial charge in [0.25, 0.3) is 0 Å². The fourth-order valence-corrected chi connectivity index (χ4v) is 2.72. The van der Waals surface area contributed by atoms with Crippen molar-refractivity contribution in [2.75, 3.05) is 23.4 Å². The zero-order valence-electron chi connectivity index (χ0n) is 11.1. The number of anilines is 2. The Hall–Kier alpha value is -1.56. The average molecular weight is 282 g/mol. The van der Waals surface area contributed by atoms with Gasteiger partial charge in [-0.1, -0.05) is 6.07 Å². The minimum atomic E-state index is -3.39. The van der Waals surface area contributed by atoms with Crippen LogP contribution in [0.3, 0.4) is 0 Å². The Balaban J connectivity index is 2.39. The Kier molecular flexibility index (Phi) is 3.54. The van der Waals surface area contributed by atoms with Gasteiger partial charge in [-0.2, -0.15) is 0 Å². The first-order chi connectivity index (χ1) is 8.80. The Morgan fingerprint density at radius 1 is 1.42 bits per heavy atom. The third kappa shape index (κ3) is 2.73. The Morgan fingerprint density at radius 3 is 2.74 bits per heavy atom. The molecule has 0 aromatic heterocycles. The molecule has 1 aliphatic heterocycles. The number of nitrogen functional groups attached to an aromatic ring is 1. The van der Waals surface area contributed by atoms with Crippen LogP contribution in [0.1, 0.15) is 18.9 Å². The normalized spacial score (nSPS) is 16.8. The predicted molar refractivity (Wildman–Crippen MR) is 75.8 cm³/mol. The summed E-state index contributed by atoms with van der Waals surface area (Å²) in [5.41, 5.74) is 8.10. The summed E-state index contributed by atoms with van der Waals surface area (Å²) in [5.74, 6) is -0.381. The highest BCUT2D eigenvalue weighted by molar-refractivity contribution is 7.92. The van der Waals surface area contributed by atoms with Crippen molar-refractivity contribution in [3.8, 4) is 0 Å². The summed E-state index contributed by atoms with van der Waals surface area (Å²) < 4.78 is 23.0. The summed E-state index contributed by atoms with van der Waals surface area (Å²) in [4.78, 5) is 13.9. The van der Waals surface area contributed by atoms with Gasteiger partial charge in [0, 0.05) is 24.2 Å². The number of sulfone groups is 1. The number of nitrogens with zero attached hydrogens (tertiary/aromatic N) is 1. The van der Waals surface area contributed by atoms with E-state index in [9.17, 15) is 13.2 Å². The molecule has 104 valence electrons. The predicted octanol–water partition coefficient (Wildman–Crippen LogP) is 0.981. The lowest BCUT2D eigenvalue weighted by Gasteiger charge is -2.31. The van der Waals surface area contributed by atoms with E-state index >= 15 is 0 Å². The van der Waals surface area contributed by atoms with Crippen LogP contribution in [0.15, 0.2) is 18.2 Å². The van der Waals surface area contributed by atoms with E-state index in [0.717, 1.165) is 30.3 Å². The number of rotatable bonds is 2. The molecule has 1 aliphatic rings. The molecule has 1 heterocycles. The molecule has 0 radical (unpaired) electrons. The van der Waals surface area contributed by atoms with E-state index in [2.05, 4.69) is 0 Å². The van der Waals surface area contributed by atoms with Crippen LogP contribution in [0.4, 0.5) is 11.4 Å². The molecule has 5 nitrogen and oxygen atoms in total. The molecule has 1 unspecified atom stereocenters. The van der Waals surface area contributed by atoms with Crippen molar-refractivity contribution >= 4 is 27.1 Å². The third-order valence-corrected chi connectivity index (χ3v) is 4.97. The van der Waals surface area contributed by atoms with Gasteiger partial charge in [0.05, 0.1) is 0 Å². The molecule has 1 aromatic rings. The lowest BCUT2D eigenvalue weighted by atomic mass is 10.0. The zero-order chi connectivity index (χ0) is 14.2. The van der Waals surface area contributed by atoms with Crippen molar-refractivity contribution in [2.45, 2.75) is 25.0 Å². The second kappa shape index (κ2) is 4.85. The highest BCUT2D eigenvalue weighted by atomic mass is 32.2. The first kappa shape index (κ1) is 13.9. The number of aryl methyl sites for hydroxylation is 1. The molecule has 2 N–H and O–H groups in total. The van der Waals surface area contributed by atoms with Gasteiger partial charge < -0.3 is 10.6 Å². The first-order valence-corrected chi connectivity index (χ1v) is 8.15. The molecular formula is C13H18N2O3S. The number of nitrogens with two attached hydrogens (primary N) is 1. The highest BCUT2D eigenvalue weighted by Crippen LogP contribution is 2.30. The first-order valence-electron chi connectivity index (χ1n) is 6.19. The summed E-state index contributed by atoms with van der Waals surface area (Å²) >= 11 is 0. The number of hydrogen-bond donors (Lipinski definition) is 1. The smallest absolute Gasteiger partial charge is 0.245 e. The van der Waals surface area contributed by atoms with E-state index in [1.807, 2.05) is 6.07 Å². The molecule has 1 aromatic carbocycles. The van der Waals surface area contributed by atoms with Gasteiger partial charge in [-0.15, -0.1) is 0 Å². The monoisotopic (exact) mass is 282 g/mol. The van der Waals surface area contributed by atoms with Crippen LogP contribution in [0.2, 0.25) is 0 Å². The Morgan fingerprint density at radius 2 is 2.11 bits per heavy atom. The lowest BCUT2D eigenvalue weighted by Crippen LogP contribution is -2.43. The zero-order valence-corrected chi connectivity index (χ0v) is 11.9. The number of hydrogen-bond acceptors (Lipinski definition) is 4. The van der Waals surface area contributed by atoms with Crippen LogP contribution < -0.4 is 10.6 Å². The van der Waals surface area contributed by atoms with Crippen LogP contribution in [-0.2, 0) is 21.1 Å². The fraction of sp³-hybridized carbons (Fsp3) is 0.462. The number of carbonyl (C=O) groups is 1. The molecule has 0 saturated carbocycles. The van der Waals surface area contributed by atoms with E-state index in [-0.39, 0.29) is 5.91 Å². The van der Waals surface area contributed by atoms with Gasteiger partial charge >= 0.3 is 0 Å². The SMILES string of the molecule is CC(C(=O)N1CCCc2ccc(N)cc21)S(C)(=O)=O. The standard InChI is InChI=1S/C13H18N2O3S/c1-9(19(2,17)18)13(16)15-7-3-4-10-5-6-11(14)8-12(10)15/h5-6,8-9H,3-4,7,14H2,1-2H3. The third-order valence-electron chi connectivity index (χ3n) is 3.48. The lowest BCUT2D eigenvalue weighted by molar-refractivity contribution is -0.118. The van der Waals surface area contributed by atoms with Crippen LogP contribution in [0.25, 0.3) is 0 Å². The van der Waals surface area contributed by atoms with Gasteiger partial charge in [0.15, 0.2) is 9.84 Å². The van der Waals surface area contributed by atoms with Gasteiger partial charge in [-0.3, -0.25) is 4.79 Å². The molecule has 6 heteroatoms.